The monoisotopic (exact) mass is 424 g/mol. The number of esters is 1. The van der Waals surface area contributed by atoms with Gasteiger partial charge in [0, 0.05) is 5.56 Å². The molecule has 0 amide bonds. The average molecular weight is 425 g/mol. The van der Waals surface area contributed by atoms with Crippen LogP contribution in [0.5, 0.6) is 5.75 Å². The van der Waals surface area contributed by atoms with Crippen LogP contribution in [0.3, 0.4) is 0 Å². The van der Waals surface area contributed by atoms with Crippen molar-refractivity contribution in [3.8, 4) is 17.1 Å². The van der Waals surface area contributed by atoms with E-state index in [-0.39, 0.29) is 17.3 Å². The molecule has 4 aromatic rings. The molecule has 2 aromatic heterocycles. The van der Waals surface area contributed by atoms with Crippen molar-refractivity contribution in [2.75, 3.05) is 0 Å². The first kappa shape index (κ1) is 17.3. The molecule has 0 unspecified atom stereocenters. The Labute approximate surface area is 162 Å². The van der Waals surface area contributed by atoms with Gasteiger partial charge in [0.15, 0.2) is 10.4 Å². The summed E-state index contributed by atoms with van der Waals surface area (Å²) < 4.78 is 17.0. The highest BCUT2D eigenvalue weighted by atomic mass is 79.9. The van der Waals surface area contributed by atoms with Crippen LogP contribution in [0.25, 0.3) is 22.3 Å². The van der Waals surface area contributed by atoms with Gasteiger partial charge >= 0.3 is 5.97 Å². The van der Waals surface area contributed by atoms with Crippen molar-refractivity contribution in [2.45, 2.75) is 6.92 Å². The Morgan fingerprint density at radius 1 is 1.00 bits per heavy atom. The third-order valence-electron chi connectivity index (χ3n) is 4.01. The summed E-state index contributed by atoms with van der Waals surface area (Å²) in [5.41, 5.74) is 1.59. The minimum Gasteiger partial charge on any atom is -0.452 e. The summed E-state index contributed by atoms with van der Waals surface area (Å²) in [7, 11) is 0. The van der Waals surface area contributed by atoms with Crippen LogP contribution in [0.2, 0.25) is 0 Å². The summed E-state index contributed by atoms with van der Waals surface area (Å²) in [6.45, 7) is 1.91. The van der Waals surface area contributed by atoms with E-state index in [0.29, 0.717) is 21.2 Å². The maximum Gasteiger partial charge on any atom is 0.379 e. The van der Waals surface area contributed by atoms with E-state index in [1.54, 1.807) is 36.4 Å². The van der Waals surface area contributed by atoms with E-state index in [4.69, 9.17) is 13.6 Å². The normalized spacial score (nSPS) is 10.9. The topological polar surface area (TPSA) is 69.7 Å². The number of hydrogen-bond acceptors (Lipinski definition) is 5. The molecule has 134 valence electrons. The molecule has 0 bridgehead atoms. The predicted octanol–water partition coefficient (Wildman–Crippen LogP) is 5.34. The van der Waals surface area contributed by atoms with Crippen molar-refractivity contribution in [1.82, 2.24) is 0 Å². The quantitative estimate of drug-likeness (QED) is 0.415. The fraction of sp³-hybridized carbons (Fsp3) is 0.0476. The number of carbonyl (C=O) groups excluding carboxylic acids is 1. The van der Waals surface area contributed by atoms with E-state index in [2.05, 4.69) is 15.9 Å². The molecule has 0 radical (unpaired) electrons. The molecule has 0 saturated heterocycles. The minimum atomic E-state index is -0.781. The molecule has 0 aliphatic rings. The second-order valence-electron chi connectivity index (χ2n) is 5.95. The molecule has 5 nitrogen and oxygen atoms in total. The zero-order valence-electron chi connectivity index (χ0n) is 14.2. The Balaban J connectivity index is 1.91. The lowest BCUT2D eigenvalue weighted by Crippen LogP contribution is -2.16. The van der Waals surface area contributed by atoms with Gasteiger partial charge in [-0.1, -0.05) is 36.4 Å². The van der Waals surface area contributed by atoms with E-state index >= 15 is 0 Å². The fourth-order valence-corrected chi connectivity index (χ4v) is 3.03. The molecular weight excluding hydrogens is 412 g/mol. The Hall–Kier alpha value is -3.12. The van der Waals surface area contributed by atoms with Gasteiger partial charge in [0.05, 0.1) is 5.39 Å². The number of halogens is 1. The summed E-state index contributed by atoms with van der Waals surface area (Å²) in [6, 6.07) is 17.3. The molecule has 2 heterocycles. The average Bonchev–Trinajstić information content (AvgIpc) is 3.11. The van der Waals surface area contributed by atoms with Crippen molar-refractivity contribution in [1.29, 1.82) is 0 Å². The van der Waals surface area contributed by atoms with Crippen LogP contribution in [0, 0.1) is 6.92 Å². The van der Waals surface area contributed by atoms with E-state index in [9.17, 15) is 9.59 Å². The van der Waals surface area contributed by atoms with Crippen molar-refractivity contribution in [2.24, 2.45) is 0 Å². The van der Waals surface area contributed by atoms with Gasteiger partial charge in [0.1, 0.15) is 5.58 Å². The first-order valence-corrected chi connectivity index (χ1v) is 8.92. The van der Waals surface area contributed by atoms with Crippen LogP contribution in [-0.4, -0.2) is 5.97 Å². The van der Waals surface area contributed by atoms with Crippen LogP contribution in [0.15, 0.2) is 79.0 Å². The number of furan rings is 1. The van der Waals surface area contributed by atoms with E-state index in [0.717, 1.165) is 5.56 Å². The first-order valence-electron chi connectivity index (χ1n) is 8.13. The molecule has 0 fully saturated rings. The molecule has 0 spiro atoms. The number of ether oxygens (including phenoxy) is 1. The lowest BCUT2D eigenvalue weighted by molar-refractivity contribution is 0.0696. The summed E-state index contributed by atoms with van der Waals surface area (Å²) in [5.74, 6) is -0.784. The van der Waals surface area contributed by atoms with E-state index < -0.39 is 11.4 Å². The Bertz CT molecular complexity index is 1200. The summed E-state index contributed by atoms with van der Waals surface area (Å²) in [4.78, 5) is 25.5. The molecule has 2 aromatic carbocycles. The highest BCUT2D eigenvalue weighted by Gasteiger charge is 2.22. The van der Waals surface area contributed by atoms with Gasteiger partial charge in [-0.2, -0.15) is 0 Å². The molecular formula is C21H13BrO5. The third kappa shape index (κ3) is 3.31. The zero-order valence-corrected chi connectivity index (χ0v) is 15.8. The van der Waals surface area contributed by atoms with Crippen molar-refractivity contribution in [3.05, 3.63) is 86.9 Å². The fourth-order valence-electron chi connectivity index (χ4n) is 2.72. The lowest BCUT2D eigenvalue weighted by Gasteiger charge is -2.10. The van der Waals surface area contributed by atoms with Crippen LogP contribution in [0.1, 0.15) is 16.1 Å². The van der Waals surface area contributed by atoms with Crippen LogP contribution >= 0.6 is 15.9 Å². The number of hydrogen-bond donors (Lipinski definition) is 0. The van der Waals surface area contributed by atoms with Gasteiger partial charge < -0.3 is 13.6 Å². The molecule has 0 N–H and O–H groups in total. The summed E-state index contributed by atoms with van der Waals surface area (Å²) in [5, 5.41) is 0.337. The maximum atomic E-state index is 13.0. The Kier molecular flexibility index (Phi) is 4.41. The number of rotatable bonds is 3. The highest BCUT2D eigenvalue weighted by Crippen LogP contribution is 2.31. The van der Waals surface area contributed by atoms with Gasteiger partial charge in [-0.05, 0) is 52.7 Å². The minimum absolute atomic E-state index is 0.0238. The van der Waals surface area contributed by atoms with Gasteiger partial charge in [0.2, 0.25) is 16.9 Å². The molecule has 0 aliphatic carbocycles. The molecule has 6 heteroatoms. The van der Waals surface area contributed by atoms with Gasteiger partial charge in [-0.25, -0.2) is 4.79 Å². The highest BCUT2D eigenvalue weighted by molar-refractivity contribution is 9.10. The largest absolute Gasteiger partial charge is 0.452 e. The Morgan fingerprint density at radius 2 is 1.78 bits per heavy atom. The van der Waals surface area contributed by atoms with Gasteiger partial charge in [0.25, 0.3) is 0 Å². The standard InChI is InChI=1S/C21H13BrO5/c1-12-7-8-14-16(11-12)26-19(13-5-3-2-4-6-13)20(18(14)23)27-21(24)15-9-10-17(22)25-15/h2-11H,1H3. The number of carbonyl (C=O) groups is 1. The van der Waals surface area contributed by atoms with Crippen molar-refractivity contribution < 1.29 is 18.4 Å². The van der Waals surface area contributed by atoms with Gasteiger partial charge in [-0.3, -0.25) is 4.79 Å². The summed E-state index contributed by atoms with van der Waals surface area (Å²) >= 11 is 3.14. The lowest BCUT2D eigenvalue weighted by atomic mass is 10.1. The third-order valence-corrected chi connectivity index (χ3v) is 4.44. The molecule has 0 saturated carbocycles. The second-order valence-corrected chi connectivity index (χ2v) is 6.73. The molecule has 0 atom stereocenters. The van der Waals surface area contributed by atoms with E-state index in [1.165, 1.54) is 6.07 Å². The molecule has 27 heavy (non-hydrogen) atoms. The molecule has 0 aliphatic heterocycles. The first-order chi connectivity index (χ1) is 13.0. The van der Waals surface area contributed by atoms with Crippen molar-refractivity contribution in [3.63, 3.8) is 0 Å². The summed E-state index contributed by atoms with van der Waals surface area (Å²) in [6.07, 6.45) is 0. The second kappa shape index (κ2) is 6.89. The van der Waals surface area contributed by atoms with Gasteiger partial charge in [-0.15, -0.1) is 0 Å². The maximum absolute atomic E-state index is 13.0. The van der Waals surface area contributed by atoms with E-state index in [1.807, 2.05) is 25.1 Å². The van der Waals surface area contributed by atoms with Crippen LogP contribution in [0.4, 0.5) is 0 Å². The smallest absolute Gasteiger partial charge is 0.379 e. The number of aryl methyl sites for hydroxylation is 1. The zero-order chi connectivity index (χ0) is 19.0. The SMILES string of the molecule is Cc1ccc2c(=O)c(OC(=O)c3ccc(Br)o3)c(-c3ccccc3)oc2c1. The number of benzene rings is 2. The van der Waals surface area contributed by atoms with Crippen molar-refractivity contribution >= 4 is 32.9 Å². The number of fused-ring (bicyclic) bond motifs is 1. The molecule has 4 rings (SSSR count). The Morgan fingerprint density at radius 3 is 2.48 bits per heavy atom. The van der Waals surface area contributed by atoms with Crippen LogP contribution in [-0.2, 0) is 0 Å². The predicted molar refractivity (Wildman–Crippen MR) is 104 cm³/mol. The van der Waals surface area contributed by atoms with Crippen LogP contribution < -0.4 is 10.2 Å².